The molecule has 1 N–H and O–H groups in total. The lowest BCUT2D eigenvalue weighted by Crippen LogP contribution is -2.19. The first-order valence-corrected chi connectivity index (χ1v) is 9.56. The van der Waals surface area contributed by atoms with Crippen molar-refractivity contribution in [1.29, 1.82) is 0 Å². The largest absolute Gasteiger partial charge is 0.323 e. The van der Waals surface area contributed by atoms with Gasteiger partial charge in [-0.2, -0.15) is 5.10 Å². The number of rotatable bonds is 3. The minimum Gasteiger partial charge on any atom is -0.323 e. The van der Waals surface area contributed by atoms with Crippen LogP contribution in [-0.2, 0) is 6.54 Å². The maximum absolute atomic E-state index is 12.8. The average Bonchev–Trinajstić information content (AvgIpc) is 3.14. The van der Waals surface area contributed by atoms with Crippen molar-refractivity contribution in [2.24, 2.45) is 0 Å². The van der Waals surface area contributed by atoms with Crippen LogP contribution in [0.3, 0.4) is 0 Å². The molecular formula is C17H13BrN4OS2. The molecule has 0 spiro atoms. The second kappa shape index (κ2) is 6.36. The highest BCUT2D eigenvalue weighted by molar-refractivity contribution is 9.10. The van der Waals surface area contributed by atoms with Crippen LogP contribution in [0.2, 0.25) is 0 Å². The molecule has 0 saturated carbocycles. The SMILES string of the molecule is Cc1cc2c(=O)n(-c3ccc(Cn4cc(Br)cn4)cc3)c(=S)[nH]c2s1. The van der Waals surface area contributed by atoms with Crippen molar-refractivity contribution in [1.82, 2.24) is 19.3 Å². The Morgan fingerprint density at radius 1 is 1.32 bits per heavy atom. The van der Waals surface area contributed by atoms with E-state index in [0.29, 0.717) is 16.7 Å². The molecular weight excluding hydrogens is 420 g/mol. The van der Waals surface area contributed by atoms with Crippen LogP contribution in [0.1, 0.15) is 10.4 Å². The molecule has 3 heterocycles. The summed E-state index contributed by atoms with van der Waals surface area (Å²) in [6.45, 7) is 2.64. The number of thiophene rings is 1. The number of aromatic nitrogens is 4. The maximum atomic E-state index is 12.8. The van der Waals surface area contributed by atoms with Crippen molar-refractivity contribution < 1.29 is 0 Å². The summed E-state index contributed by atoms with van der Waals surface area (Å²) in [6.07, 6.45) is 3.67. The van der Waals surface area contributed by atoms with Gasteiger partial charge in [-0.05, 0) is 58.8 Å². The normalized spacial score (nSPS) is 11.3. The topological polar surface area (TPSA) is 55.6 Å². The molecule has 5 nitrogen and oxygen atoms in total. The van der Waals surface area contributed by atoms with E-state index in [1.165, 1.54) is 4.57 Å². The summed E-state index contributed by atoms with van der Waals surface area (Å²) in [5.41, 5.74) is 1.75. The van der Waals surface area contributed by atoms with Gasteiger partial charge in [-0.1, -0.05) is 12.1 Å². The Kier molecular flexibility index (Phi) is 4.18. The van der Waals surface area contributed by atoms with Crippen molar-refractivity contribution in [2.75, 3.05) is 0 Å². The van der Waals surface area contributed by atoms with Gasteiger partial charge in [0.15, 0.2) is 4.77 Å². The highest BCUT2D eigenvalue weighted by atomic mass is 79.9. The lowest BCUT2D eigenvalue weighted by Gasteiger charge is -2.08. The Bertz CT molecular complexity index is 1180. The monoisotopic (exact) mass is 432 g/mol. The van der Waals surface area contributed by atoms with Crippen molar-refractivity contribution in [3.63, 3.8) is 0 Å². The second-order valence-electron chi connectivity index (χ2n) is 5.69. The Labute approximate surface area is 160 Å². The summed E-state index contributed by atoms with van der Waals surface area (Å²) in [4.78, 5) is 17.9. The van der Waals surface area contributed by atoms with Crippen molar-refractivity contribution >= 4 is 49.7 Å². The lowest BCUT2D eigenvalue weighted by atomic mass is 10.2. The molecule has 0 saturated heterocycles. The average molecular weight is 433 g/mol. The van der Waals surface area contributed by atoms with Crippen LogP contribution in [-0.4, -0.2) is 19.3 Å². The highest BCUT2D eigenvalue weighted by Crippen LogP contribution is 2.21. The van der Waals surface area contributed by atoms with Gasteiger partial charge in [0, 0.05) is 11.1 Å². The number of H-pyrrole nitrogens is 1. The number of halogens is 1. The van der Waals surface area contributed by atoms with E-state index in [1.807, 2.05) is 48.1 Å². The zero-order chi connectivity index (χ0) is 17.6. The summed E-state index contributed by atoms with van der Waals surface area (Å²) in [7, 11) is 0. The second-order valence-corrected chi connectivity index (χ2v) is 8.25. The molecule has 126 valence electrons. The van der Waals surface area contributed by atoms with E-state index in [0.717, 1.165) is 25.4 Å². The minimum absolute atomic E-state index is 0.0909. The third-order valence-electron chi connectivity index (χ3n) is 3.85. The van der Waals surface area contributed by atoms with Gasteiger partial charge in [0.05, 0.1) is 28.3 Å². The zero-order valence-corrected chi connectivity index (χ0v) is 16.4. The zero-order valence-electron chi connectivity index (χ0n) is 13.2. The van der Waals surface area contributed by atoms with Gasteiger partial charge in [0.2, 0.25) is 0 Å². The van der Waals surface area contributed by atoms with Crippen LogP contribution in [0.25, 0.3) is 15.9 Å². The number of nitrogens with one attached hydrogen (secondary N) is 1. The number of hydrogen-bond acceptors (Lipinski definition) is 4. The summed E-state index contributed by atoms with van der Waals surface area (Å²) in [5.74, 6) is 0. The van der Waals surface area contributed by atoms with Gasteiger partial charge in [0.1, 0.15) is 4.83 Å². The molecule has 0 atom stereocenters. The molecule has 0 bridgehead atoms. The predicted octanol–water partition coefficient (Wildman–Crippen LogP) is 4.43. The fraction of sp³-hybridized carbons (Fsp3) is 0.118. The van der Waals surface area contributed by atoms with E-state index in [9.17, 15) is 4.79 Å². The van der Waals surface area contributed by atoms with Gasteiger partial charge >= 0.3 is 0 Å². The Morgan fingerprint density at radius 3 is 2.76 bits per heavy atom. The van der Waals surface area contributed by atoms with Gasteiger partial charge < -0.3 is 4.98 Å². The van der Waals surface area contributed by atoms with E-state index in [-0.39, 0.29) is 5.56 Å². The summed E-state index contributed by atoms with van der Waals surface area (Å²) in [6, 6.07) is 9.67. The number of benzene rings is 1. The molecule has 4 aromatic rings. The minimum atomic E-state index is -0.0909. The fourth-order valence-corrected chi connectivity index (χ4v) is 4.31. The van der Waals surface area contributed by atoms with E-state index < -0.39 is 0 Å². The van der Waals surface area contributed by atoms with Crippen LogP contribution in [0, 0.1) is 11.7 Å². The molecule has 0 aliphatic carbocycles. The maximum Gasteiger partial charge on any atom is 0.267 e. The van der Waals surface area contributed by atoms with Crippen molar-refractivity contribution in [2.45, 2.75) is 13.5 Å². The van der Waals surface area contributed by atoms with E-state index >= 15 is 0 Å². The van der Waals surface area contributed by atoms with Gasteiger partial charge in [-0.25, -0.2) is 0 Å². The van der Waals surface area contributed by atoms with Crippen molar-refractivity contribution in [3.8, 4) is 5.69 Å². The summed E-state index contributed by atoms with van der Waals surface area (Å²) < 4.78 is 4.74. The number of fused-ring (bicyclic) bond motifs is 1. The van der Waals surface area contributed by atoms with E-state index in [2.05, 4.69) is 26.0 Å². The van der Waals surface area contributed by atoms with E-state index in [1.54, 1.807) is 17.5 Å². The predicted molar refractivity (Wildman–Crippen MR) is 106 cm³/mol. The molecule has 3 aromatic heterocycles. The number of hydrogen-bond donors (Lipinski definition) is 1. The number of nitrogens with zero attached hydrogens (tertiary/aromatic N) is 3. The van der Waals surface area contributed by atoms with Crippen LogP contribution < -0.4 is 5.56 Å². The molecule has 0 unspecified atom stereocenters. The molecule has 0 aliphatic rings. The standard InChI is InChI=1S/C17H13BrN4OS2/c1-10-6-14-15(25-10)20-17(24)22(16(14)23)13-4-2-11(3-5-13)8-21-9-12(18)7-19-21/h2-7,9H,8H2,1H3,(H,20,24). The number of aromatic amines is 1. The molecule has 8 heteroatoms. The number of aryl methyl sites for hydroxylation is 1. The smallest absolute Gasteiger partial charge is 0.267 e. The Hall–Kier alpha value is -2.03. The first kappa shape index (κ1) is 16.4. The Morgan fingerprint density at radius 2 is 2.08 bits per heavy atom. The van der Waals surface area contributed by atoms with Gasteiger partial charge in [-0.3, -0.25) is 14.0 Å². The summed E-state index contributed by atoms with van der Waals surface area (Å²) >= 11 is 10.3. The van der Waals surface area contributed by atoms with Crippen molar-refractivity contribution in [3.05, 3.63) is 72.8 Å². The third-order valence-corrected chi connectivity index (χ3v) is 5.51. The third kappa shape index (κ3) is 3.12. The first-order chi connectivity index (χ1) is 12.0. The van der Waals surface area contributed by atoms with Crippen LogP contribution >= 0.6 is 39.5 Å². The molecule has 0 aliphatic heterocycles. The highest BCUT2D eigenvalue weighted by Gasteiger charge is 2.10. The molecule has 0 amide bonds. The molecule has 25 heavy (non-hydrogen) atoms. The Balaban J connectivity index is 1.74. The summed E-state index contributed by atoms with van der Waals surface area (Å²) in [5, 5.41) is 4.92. The quantitative estimate of drug-likeness (QED) is 0.487. The molecule has 0 radical (unpaired) electrons. The van der Waals surface area contributed by atoms with Crippen LogP contribution in [0.15, 0.2) is 52.0 Å². The lowest BCUT2D eigenvalue weighted by molar-refractivity contribution is 0.686. The van der Waals surface area contributed by atoms with Crippen LogP contribution in [0.4, 0.5) is 0 Å². The first-order valence-electron chi connectivity index (χ1n) is 7.54. The van der Waals surface area contributed by atoms with Gasteiger partial charge in [0.25, 0.3) is 5.56 Å². The van der Waals surface area contributed by atoms with Gasteiger partial charge in [-0.15, -0.1) is 11.3 Å². The molecule has 1 aromatic carbocycles. The molecule has 0 fully saturated rings. The fourth-order valence-electron chi connectivity index (χ4n) is 2.73. The van der Waals surface area contributed by atoms with Crippen LogP contribution in [0.5, 0.6) is 0 Å². The van der Waals surface area contributed by atoms with E-state index in [4.69, 9.17) is 12.2 Å². The molecule has 4 rings (SSSR count).